The number of Topliss-reactive ketones (excluding diaryl/α,β-unsaturated/α-hetero) is 1. The van der Waals surface area contributed by atoms with Crippen LogP contribution in [0.3, 0.4) is 0 Å². The zero-order valence-corrected chi connectivity index (χ0v) is 52.3. The molecule has 19 heteroatoms. The topological polar surface area (TPSA) is 234 Å². The molecule has 0 aromatic rings. The number of fused-ring (bicyclic) bond motifs is 10. The lowest BCUT2D eigenvalue weighted by Gasteiger charge is -2.57. The molecule has 8 aliphatic carbocycles. The SMILES string of the molecule is C=C1CCC(=O)N1OC(=O)CCC(=O)OC1CCC2C3CCC4=CC(=O)CCC4(C)C3CCC12C.C=C1CCC(=O)N1OC(=O)CCOCCOCCOCCOCCCC(=O)CCC(=O)OC1CCC2C3CCC4=CC(=O)CCC4(C)C3CCC12C. The van der Waals surface area contributed by atoms with Crippen LogP contribution >= 0.6 is 0 Å². The van der Waals surface area contributed by atoms with Crippen molar-refractivity contribution in [1.82, 2.24) is 10.1 Å². The van der Waals surface area contributed by atoms with Crippen LogP contribution in [0.15, 0.2) is 47.9 Å². The van der Waals surface area contributed by atoms with Crippen LogP contribution in [-0.4, -0.2) is 128 Å². The summed E-state index contributed by atoms with van der Waals surface area (Å²) in [5.41, 5.74) is 3.90. The lowest BCUT2D eigenvalue weighted by atomic mass is 9.47. The van der Waals surface area contributed by atoms with E-state index >= 15 is 0 Å². The molecule has 0 bridgehead atoms. The summed E-state index contributed by atoms with van der Waals surface area (Å²) in [6, 6.07) is 0. The van der Waals surface area contributed by atoms with Crippen LogP contribution in [0.1, 0.15) is 201 Å². The maximum absolute atomic E-state index is 12.9. The molecule has 87 heavy (non-hydrogen) atoms. The van der Waals surface area contributed by atoms with Gasteiger partial charge in [-0.25, -0.2) is 9.59 Å². The third-order valence-electron chi connectivity index (χ3n) is 22.4. The summed E-state index contributed by atoms with van der Waals surface area (Å²) >= 11 is 0. The molecule has 10 aliphatic rings. The molecule has 8 fully saturated rings. The molecular weight excluding hydrogens is 1120 g/mol. The number of ketones is 3. The Labute approximate surface area is 513 Å². The monoisotopic (exact) mass is 1210 g/mol. The van der Waals surface area contributed by atoms with E-state index in [1.165, 1.54) is 11.1 Å². The molecule has 2 saturated heterocycles. The molecule has 0 N–H and O–H groups in total. The van der Waals surface area contributed by atoms with Crippen LogP contribution in [0.2, 0.25) is 0 Å². The van der Waals surface area contributed by atoms with E-state index in [0.717, 1.165) is 100 Å². The Hall–Kier alpha value is -5.37. The van der Waals surface area contributed by atoms with Crippen molar-refractivity contribution in [3.05, 3.63) is 47.9 Å². The number of esters is 2. The minimum atomic E-state index is -0.625. The van der Waals surface area contributed by atoms with Crippen LogP contribution in [0.5, 0.6) is 0 Å². The van der Waals surface area contributed by atoms with E-state index < -0.39 is 11.9 Å². The molecule has 0 aromatic carbocycles. The average molecular weight is 1210 g/mol. The molecular formula is C68H96N2O17. The Morgan fingerprint density at radius 1 is 0.437 bits per heavy atom. The summed E-state index contributed by atoms with van der Waals surface area (Å²) < 4.78 is 33.9. The summed E-state index contributed by atoms with van der Waals surface area (Å²) in [6.07, 6.45) is 22.1. The highest BCUT2D eigenvalue weighted by Crippen LogP contribution is 2.67. The minimum absolute atomic E-state index is 0.0126. The van der Waals surface area contributed by atoms with E-state index in [1.54, 1.807) is 0 Å². The van der Waals surface area contributed by atoms with Gasteiger partial charge in [-0.15, -0.1) is 10.1 Å². The Balaban J connectivity index is 0.000000223. The van der Waals surface area contributed by atoms with E-state index in [1.807, 2.05) is 12.2 Å². The van der Waals surface area contributed by atoms with Gasteiger partial charge in [-0.3, -0.25) is 33.6 Å². The van der Waals surface area contributed by atoms with Gasteiger partial charge in [0.1, 0.15) is 18.0 Å². The molecule has 2 heterocycles. The second kappa shape index (κ2) is 29.1. The quantitative estimate of drug-likeness (QED) is 0.0578. The first kappa shape index (κ1) is 66.1. The van der Waals surface area contributed by atoms with Crippen LogP contribution in [-0.2, 0) is 81.2 Å². The van der Waals surface area contributed by atoms with Crippen molar-refractivity contribution < 1.29 is 81.2 Å². The minimum Gasteiger partial charge on any atom is -0.462 e. The molecule has 2 amide bonds. The van der Waals surface area contributed by atoms with E-state index in [2.05, 4.69) is 40.9 Å². The van der Waals surface area contributed by atoms with E-state index in [9.17, 15) is 43.2 Å². The Kier molecular flexibility index (Phi) is 22.1. The Bertz CT molecular complexity index is 2670. The lowest BCUT2D eigenvalue weighted by molar-refractivity contribution is -0.187. The highest BCUT2D eigenvalue weighted by Gasteiger charge is 2.62. The van der Waals surface area contributed by atoms with Gasteiger partial charge in [-0.05, 0) is 168 Å². The smallest absolute Gasteiger partial charge is 0.335 e. The summed E-state index contributed by atoms with van der Waals surface area (Å²) in [5.74, 6) is 1.74. The number of hydrogen-bond acceptors (Lipinski definition) is 17. The van der Waals surface area contributed by atoms with Crippen LogP contribution in [0, 0.1) is 57.2 Å². The van der Waals surface area contributed by atoms with Gasteiger partial charge >= 0.3 is 23.9 Å². The first-order chi connectivity index (χ1) is 41.6. The van der Waals surface area contributed by atoms with Crippen molar-refractivity contribution in [1.29, 1.82) is 0 Å². The van der Waals surface area contributed by atoms with Gasteiger partial charge in [0.2, 0.25) is 0 Å². The van der Waals surface area contributed by atoms with Gasteiger partial charge in [0, 0.05) is 56.0 Å². The van der Waals surface area contributed by atoms with E-state index in [0.29, 0.717) is 138 Å². The van der Waals surface area contributed by atoms with Crippen molar-refractivity contribution >= 4 is 53.0 Å². The Morgan fingerprint density at radius 3 is 1.30 bits per heavy atom. The molecule has 0 aromatic heterocycles. The molecule has 0 spiro atoms. The van der Waals surface area contributed by atoms with Crippen LogP contribution in [0.4, 0.5) is 0 Å². The van der Waals surface area contributed by atoms with Crippen molar-refractivity contribution in [3.63, 3.8) is 0 Å². The first-order valence-corrected chi connectivity index (χ1v) is 32.8. The standard InChI is InChI=1S/C40H59NO11.C28H37NO6/c1-28-6-12-36(44)41(28)52-38(46)16-20-48-22-24-50-26-25-49-23-21-47-19-4-5-30(42)8-13-37(45)51-35-11-10-33-32-9-7-29-27-31(43)14-17-39(29,2)34(32)15-18-40(33,35)3;1-17-4-9-24(31)29(17)35-26(33)11-10-25(32)34-23-8-7-21-20-6-5-18-16-19(30)12-14-27(18,2)22(20)13-15-28(21,23)3/h27,32-35H,1,4-26H2,2-3H3;16,20-23H,1,4-15H2,2-3H3. The molecule has 0 radical (unpaired) electrons. The number of hydroxylamine groups is 4. The number of amides is 2. The molecule has 10 rings (SSSR count). The summed E-state index contributed by atoms with van der Waals surface area (Å²) in [4.78, 5) is 120. The van der Waals surface area contributed by atoms with Crippen molar-refractivity contribution in [2.24, 2.45) is 57.2 Å². The van der Waals surface area contributed by atoms with Crippen LogP contribution in [0.25, 0.3) is 0 Å². The fourth-order valence-corrected chi connectivity index (χ4v) is 17.5. The van der Waals surface area contributed by atoms with Crippen LogP contribution < -0.4 is 0 Å². The second-order valence-electron chi connectivity index (χ2n) is 27.4. The van der Waals surface area contributed by atoms with Crippen molar-refractivity contribution in [2.75, 3.05) is 52.9 Å². The number of hydrogen-bond donors (Lipinski definition) is 0. The second-order valence-corrected chi connectivity index (χ2v) is 27.4. The third kappa shape index (κ3) is 15.3. The predicted molar refractivity (Wildman–Crippen MR) is 316 cm³/mol. The maximum Gasteiger partial charge on any atom is 0.335 e. The van der Waals surface area contributed by atoms with Gasteiger partial charge in [-0.1, -0.05) is 52.0 Å². The zero-order valence-electron chi connectivity index (χ0n) is 52.3. The number of rotatable bonds is 26. The summed E-state index contributed by atoms with van der Waals surface area (Å²) in [6.45, 7) is 19.7. The van der Waals surface area contributed by atoms with Gasteiger partial charge < -0.3 is 38.1 Å². The van der Waals surface area contributed by atoms with Gasteiger partial charge in [-0.2, -0.15) is 0 Å². The molecule has 19 nitrogen and oxygen atoms in total. The molecule has 480 valence electrons. The average Bonchev–Trinajstić information content (AvgIpc) is 1.75. The highest BCUT2D eigenvalue weighted by atomic mass is 16.7. The fraction of sp³-hybridized carbons (Fsp3) is 0.750. The normalized spacial score (nSPS) is 33.2. The zero-order chi connectivity index (χ0) is 62.1. The number of carbonyl (C=O) groups is 9. The number of ether oxygens (including phenoxy) is 6. The lowest BCUT2D eigenvalue weighted by Crippen LogP contribution is -2.51. The van der Waals surface area contributed by atoms with Gasteiger partial charge in [0.25, 0.3) is 11.8 Å². The van der Waals surface area contributed by atoms with Gasteiger partial charge in [0.05, 0.1) is 83.3 Å². The van der Waals surface area contributed by atoms with E-state index in [4.69, 9.17) is 38.1 Å². The number of allylic oxidation sites excluding steroid dienone is 4. The summed E-state index contributed by atoms with van der Waals surface area (Å²) in [7, 11) is 0. The predicted octanol–water partition coefficient (Wildman–Crippen LogP) is 10.4. The number of nitrogens with zero attached hydrogens (tertiary/aromatic N) is 2. The van der Waals surface area contributed by atoms with Crippen molar-refractivity contribution in [2.45, 2.75) is 213 Å². The third-order valence-corrected chi connectivity index (χ3v) is 22.4. The van der Waals surface area contributed by atoms with Crippen molar-refractivity contribution in [3.8, 4) is 0 Å². The highest BCUT2D eigenvalue weighted by molar-refractivity contribution is 5.92. The maximum atomic E-state index is 12.9. The summed E-state index contributed by atoms with van der Waals surface area (Å²) in [5, 5.41) is 1.91. The van der Waals surface area contributed by atoms with E-state index in [-0.39, 0.29) is 120 Å². The first-order valence-electron chi connectivity index (χ1n) is 32.8. The Morgan fingerprint density at radius 2 is 0.851 bits per heavy atom. The molecule has 2 aliphatic heterocycles. The fourth-order valence-electron chi connectivity index (χ4n) is 17.5. The molecule has 12 atom stereocenters. The largest absolute Gasteiger partial charge is 0.462 e. The molecule has 6 saturated carbocycles. The van der Waals surface area contributed by atoms with Gasteiger partial charge in [0.15, 0.2) is 11.6 Å². The molecule has 12 unspecified atom stereocenters. The number of carbonyl (C=O) groups excluding carboxylic acids is 9.